The molecule has 2 radical (unpaired) electrons. The van der Waals surface area contributed by atoms with E-state index in [1.165, 1.54) is 12.5 Å². The molecular weight excluding hydrogens is 159 g/mol. The van der Waals surface area contributed by atoms with E-state index in [0.717, 1.165) is 15.9 Å². The Labute approximate surface area is 63.4 Å². The molecule has 48 valence electrons. The van der Waals surface area contributed by atoms with Crippen LogP contribution in [-0.4, -0.2) is 14.4 Å². The summed E-state index contributed by atoms with van der Waals surface area (Å²) in [6.45, 7) is 2.19. The lowest BCUT2D eigenvalue weighted by Crippen LogP contribution is -1.87. The van der Waals surface area contributed by atoms with Crippen LogP contribution >= 0.6 is 23.2 Å². The molecule has 0 saturated heterocycles. The summed E-state index contributed by atoms with van der Waals surface area (Å²) in [5.41, 5.74) is 0. The van der Waals surface area contributed by atoms with Gasteiger partial charge in [0, 0.05) is 9.52 Å². The van der Waals surface area contributed by atoms with Crippen LogP contribution in [0, 0.1) is 0 Å². The van der Waals surface area contributed by atoms with Crippen LogP contribution in [0.4, 0.5) is 0 Å². The van der Waals surface area contributed by atoms with Crippen LogP contribution in [0.1, 0.15) is 12.8 Å². The van der Waals surface area contributed by atoms with Gasteiger partial charge in [-0.25, -0.2) is 0 Å². The van der Waals surface area contributed by atoms with Gasteiger partial charge in [-0.15, -0.1) is 23.2 Å². The average Bonchev–Trinajstić information content (AvgIpc) is 1.66. The van der Waals surface area contributed by atoms with Gasteiger partial charge in [0.1, 0.15) is 4.84 Å². The number of hydrogen-bond donors (Lipinski definition) is 0. The molecule has 0 heterocycles. The van der Waals surface area contributed by atoms with Crippen LogP contribution in [0.25, 0.3) is 0 Å². The highest BCUT2D eigenvalue weighted by Crippen LogP contribution is 2.10. The van der Waals surface area contributed by atoms with Crippen LogP contribution in [0.2, 0.25) is 12.6 Å². The summed E-state index contributed by atoms with van der Waals surface area (Å²) in [5.74, 6) is 0. The number of halogens is 2. The predicted octanol–water partition coefficient (Wildman–Crippen LogP) is 2.74. The van der Waals surface area contributed by atoms with Gasteiger partial charge in [-0.1, -0.05) is 19.0 Å². The van der Waals surface area contributed by atoms with Gasteiger partial charge in [0.25, 0.3) is 0 Å². The molecule has 0 saturated carbocycles. The van der Waals surface area contributed by atoms with Gasteiger partial charge in [0.2, 0.25) is 0 Å². The smallest absolute Gasteiger partial charge is 0.105 e. The highest BCUT2D eigenvalue weighted by atomic mass is 35.5. The lowest BCUT2D eigenvalue weighted by Gasteiger charge is -1.96. The Morgan fingerprint density at radius 3 is 2.50 bits per heavy atom. The minimum absolute atomic E-state index is 0.147. The maximum atomic E-state index is 5.48. The molecule has 0 N–H and O–H groups in total. The van der Waals surface area contributed by atoms with Crippen molar-refractivity contribution in [3.8, 4) is 0 Å². The predicted molar refractivity (Wildman–Crippen MR) is 41.2 cm³/mol. The summed E-state index contributed by atoms with van der Waals surface area (Å²) in [6, 6.07) is 1.27. The molecule has 0 unspecified atom stereocenters. The number of alkyl halides is 2. The van der Waals surface area contributed by atoms with Gasteiger partial charge in [-0.3, -0.25) is 0 Å². The van der Waals surface area contributed by atoms with Crippen LogP contribution in [-0.2, 0) is 0 Å². The topological polar surface area (TPSA) is 0 Å². The fourth-order valence-electron chi connectivity index (χ4n) is 0.433. The van der Waals surface area contributed by atoms with Crippen molar-refractivity contribution in [1.29, 1.82) is 0 Å². The molecule has 0 spiro atoms. The maximum Gasteiger partial charge on any atom is 0.107 e. The number of rotatable bonds is 4. The highest BCUT2D eigenvalue weighted by molar-refractivity contribution is 6.44. The molecule has 0 fully saturated rings. The lowest BCUT2D eigenvalue weighted by molar-refractivity contribution is 0.854. The second-order valence-electron chi connectivity index (χ2n) is 1.64. The van der Waals surface area contributed by atoms with E-state index in [2.05, 4.69) is 6.55 Å². The minimum atomic E-state index is -0.147. The Morgan fingerprint density at radius 1 is 1.50 bits per heavy atom. The zero-order valence-electron chi connectivity index (χ0n) is 4.95. The van der Waals surface area contributed by atoms with Crippen molar-refractivity contribution in [2.24, 2.45) is 0 Å². The Balaban J connectivity index is 2.72. The zero-order chi connectivity index (χ0) is 6.41. The van der Waals surface area contributed by atoms with Gasteiger partial charge < -0.3 is 0 Å². The average molecular weight is 169 g/mol. The third-order valence-electron chi connectivity index (χ3n) is 0.849. The first-order chi connectivity index (χ1) is 3.77. The molecular formula is C5H10Cl2Si. The van der Waals surface area contributed by atoms with Crippen molar-refractivity contribution in [2.45, 2.75) is 30.3 Å². The minimum Gasteiger partial charge on any atom is -0.105 e. The second kappa shape index (κ2) is 5.93. The summed E-state index contributed by atoms with van der Waals surface area (Å²) in [5, 5.41) is 0. The molecule has 0 rings (SSSR count). The first-order valence-corrected chi connectivity index (χ1v) is 5.28. The Hall–Kier alpha value is 0.797. The third kappa shape index (κ3) is 6.80. The summed E-state index contributed by atoms with van der Waals surface area (Å²) in [6.07, 6.45) is 2.12. The summed E-state index contributed by atoms with van der Waals surface area (Å²) < 4.78 is 0. The molecule has 0 aromatic heterocycles. The van der Waals surface area contributed by atoms with E-state index in [-0.39, 0.29) is 4.84 Å². The van der Waals surface area contributed by atoms with Crippen LogP contribution in [0.3, 0.4) is 0 Å². The molecule has 3 heteroatoms. The van der Waals surface area contributed by atoms with Gasteiger partial charge in [0.15, 0.2) is 0 Å². The van der Waals surface area contributed by atoms with Crippen molar-refractivity contribution in [3.63, 3.8) is 0 Å². The molecule has 0 aromatic carbocycles. The van der Waals surface area contributed by atoms with Gasteiger partial charge in [-0.2, -0.15) is 0 Å². The Morgan fingerprint density at radius 2 is 2.12 bits per heavy atom. The Bertz CT molecular complexity index is 47.7. The van der Waals surface area contributed by atoms with E-state index < -0.39 is 0 Å². The standard InChI is InChI=1S/C5H10Cl2Si/c1-8-4-2-3-5(6)7/h5H,2-4H2,1H3. The lowest BCUT2D eigenvalue weighted by atomic mass is 10.4. The molecule has 8 heavy (non-hydrogen) atoms. The number of hydrogen-bond acceptors (Lipinski definition) is 0. The second-order valence-corrected chi connectivity index (χ2v) is 4.12. The summed E-state index contributed by atoms with van der Waals surface area (Å²) in [7, 11) is 1.04. The van der Waals surface area contributed by atoms with E-state index in [1.54, 1.807) is 0 Å². The van der Waals surface area contributed by atoms with Gasteiger partial charge >= 0.3 is 0 Å². The summed E-state index contributed by atoms with van der Waals surface area (Å²) >= 11 is 11.0. The van der Waals surface area contributed by atoms with Crippen molar-refractivity contribution in [1.82, 2.24) is 0 Å². The first kappa shape index (κ1) is 8.80. The monoisotopic (exact) mass is 168 g/mol. The maximum absolute atomic E-state index is 5.48. The van der Waals surface area contributed by atoms with Crippen molar-refractivity contribution in [2.75, 3.05) is 0 Å². The summed E-state index contributed by atoms with van der Waals surface area (Å²) in [4.78, 5) is -0.147. The van der Waals surface area contributed by atoms with E-state index in [4.69, 9.17) is 23.2 Å². The largest absolute Gasteiger partial charge is 0.107 e. The molecule has 0 aliphatic heterocycles. The molecule has 0 aliphatic rings. The van der Waals surface area contributed by atoms with Crippen LogP contribution in [0.15, 0.2) is 0 Å². The molecule has 0 aliphatic carbocycles. The fraction of sp³-hybridized carbons (Fsp3) is 1.00. The van der Waals surface area contributed by atoms with Crippen molar-refractivity contribution >= 4 is 32.7 Å². The molecule has 0 aromatic rings. The van der Waals surface area contributed by atoms with Crippen LogP contribution < -0.4 is 0 Å². The van der Waals surface area contributed by atoms with Crippen molar-refractivity contribution in [3.05, 3.63) is 0 Å². The fourth-order valence-corrected chi connectivity index (χ4v) is 1.30. The normalized spacial score (nSPS) is 10.5. The molecule has 0 bridgehead atoms. The molecule has 0 amide bonds. The van der Waals surface area contributed by atoms with E-state index in [0.29, 0.717) is 0 Å². The van der Waals surface area contributed by atoms with Crippen molar-refractivity contribution < 1.29 is 0 Å². The first-order valence-electron chi connectivity index (χ1n) is 2.70. The van der Waals surface area contributed by atoms with E-state index in [1.807, 2.05) is 0 Å². The Kier molecular flexibility index (Phi) is 6.52. The highest BCUT2D eigenvalue weighted by Gasteiger charge is 1.95. The molecule has 0 nitrogen and oxygen atoms in total. The van der Waals surface area contributed by atoms with E-state index >= 15 is 0 Å². The van der Waals surface area contributed by atoms with E-state index in [9.17, 15) is 0 Å². The van der Waals surface area contributed by atoms with Gasteiger partial charge in [-0.05, 0) is 6.42 Å². The zero-order valence-corrected chi connectivity index (χ0v) is 7.47. The quantitative estimate of drug-likeness (QED) is 0.345. The third-order valence-corrected chi connectivity index (χ3v) is 2.14. The van der Waals surface area contributed by atoms with Gasteiger partial charge in [0.05, 0.1) is 0 Å². The SMILES string of the molecule is C[Si]CCCC(Cl)Cl. The van der Waals surface area contributed by atoms with Crippen LogP contribution in [0.5, 0.6) is 0 Å². The molecule has 0 atom stereocenters.